The maximum atomic E-state index is 12.9. The van der Waals surface area contributed by atoms with Gasteiger partial charge in [0.15, 0.2) is 5.75 Å². The predicted molar refractivity (Wildman–Crippen MR) is 152 cm³/mol. The fourth-order valence-corrected chi connectivity index (χ4v) is 5.00. The van der Waals surface area contributed by atoms with Gasteiger partial charge in [-0.3, -0.25) is 4.98 Å². The average Bonchev–Trinajstić information content (AvgIpc) is 2.87. The van der Waals surface area contributed by atoms with E-state index in [0.717, 1.165) is 25.7 Å². The lowest BCUT2D eigenvalue weighted by molar-refractivity contribution is 0.0488. The van der Waals surface area contributed by atoms with E-state index in [-0.39, 0.29) is 40.0 Å². The van der Waals surface area contributed by atoms with E-state index in [2.05, 4.69) is 15.6 Å². The molecule has 39 heavy (non-hydrogen) atoms. The number of hydrogen-bond donors (Lipinski definition) is 3. The van der Waals surface area contributed by atoms with E-state index >= 15 is 0 Å². The third-order valence-corrected chi connectivity index (χ3v) is 6.89. The SMILES string of the molecule is CCOC(=O)c1cnc2ccc(-c3cc(Cl)c(O)c(Cl)c3)nc2c1NC1CCC(NC(=O)OC(C)(C)C)CC1. The topological polar surface area (TPSA) is 123 Å². The van der Waals surface area contributed by atoms with Crippen LogP contribution >= 0.6 is 23.2 Å². The number of ether oxygens (including phenoxy) is 2. The zero-order valence-corrected chi connectivity index (χ0v) is 23.8. The number of esters is 1. The van der Waals surface area contributed by atoms with Crippen molar-refractivity contribution in [3.8, 4) is 17.0 Å². The summed E-state index contributed by atoms with van der Waals surface area (Å²) in [5.41, 5.74) is 2.48. The Morgan fingerprint density at radius 2 is 1.72 bits per heavy atom. The molecule has 9 nitrogen and oxygen atoms in total. The monoisotopic (exact) mass is 574 g/mol. The van der Waals surface area contributed by atoms with Crippen molar-refractivity contribution in [1.82, 2.24) is 15.3 Å². The van der Waals surface area contributed by atoms with E-state index in [1.807, 2.05) is 20.8 Å². The van der Waals surface area contributed by atoms with Crippen molar-refractivity contribution in [2.75, 3.05) is 11.9 Å². The van der Waals surface area contributed by atoms with Gasteiger partial charge in [0.05, 0.1) is 33.6 Å². The number of rotatable bonds is 6. The number of carbonyl (C=O) groups is 2. The second-order valence-corrected chi connectivity index (χ2v) is 11.3. The van der Waals surface area contributed by atoms with Crippen LogP contribution in [0.25, 0.3) is 22.3 Å². The number of anilines is 1. The number of nitrogens with one attached hydrogen (secondary N) is 2. The molecule has 0 unspecified atom stereocenters. The van der Waals surface area contributed by atoms with Crippen molar-refractivity contribution in [2.45, 2.75) is 71.1 Å². The maximum absolute atomic E-state index is 12.9. The van der Waals surface area contributed by atoms with Gasteiger partial charge in [0.25, 0.3) is 0 Å². The fraction of sp³-hybridized carbons (Fsp3) is 0.429. The van der Waals surface area contributed by atoms with Crippen LogP contribution in [-0.4, -0.2) is 51.4 Å². The van der Waals surface area contributed by atoms with Crippen molar-refractivity contribution in [1.29, 1.82) is 0 Å². The van der Waals surface area contributed by atoms with Gasteiger partial charge in [-0.15, -0.1) is 0 Å². The summed E-state index contributed by atoms with van der Waals surface area (Å²) in [7, 11) is 0. The highest BCUT2D eigenvalue weighted by atomic mass is 35.5. The minimum absolute atomic E-state index is 0.00494. The van der Waals surface area contributed by atoms with Crippen LogP contribution in [0.2, 0.25) is 10.0 Å². The van der Waals surface area contributed by atoms with Gasteiger partial charge in [-0.05, 0) is 77.6 Å². The summed E-state index contributed by atoms with van der Waals surface area (Å²) in [5.74, 6) is -0.703. The number of benzene rings is 1. The molecule has 0 spiro atoms. The highest BCUT2D eigenvalue weighted by Gasteiger charge is 2.27. The summed E-state index contributed by atoms with van der Waals surface area (Å²) >= 11 is 12.3. The minimum atomic E-state index is -0.558. The molecule has 2 heterocycles. The van der Waals surface area contributed by atoms with Gasteiger partial charge in [-0.1, -0.05) is 23.2 Å². The van der Waals surface area contributed by atoms with Gasteiger partial charge in [-0.25, -0.2) is 14.6 Å². The van der Waals surface area contributed by atoms with Crippen molar-refractivity contribution in [3.63, 3.8) is 0 Å². The number of aromatic nitrogens is 2. The summed E-state index contributed by atoms with van der Waals surface area (Å²) in [5, 5.41) is 16.6. The molecular formula is C28H32Cl2N4O5. The number of hydrogen-bond acceptors (Lipinski definition) is 8. The number of halogens is 2. The molecule has 208 valence electrons. The lowest BCUT2D eigenvalue weighted by atomic mass is 9.91. The summed E-state index contributed by atoms with van der Waals surface area (Å²) in [4.78, 5) is 34.3. The van der Waals surface area contributed by atoms with Crippen molar-refractivity contribution < 1.29 is 24.2 Å². The minimum Gasteiger partial charge on any atom is -0.505 e. The molecule has 4 rings (SSSR count). The first-order chi connectivity index (χ1) is 18.4. The van der Waals surface area contributed by atoms with E-state index in [4.69, 9.17) is 37.7 Å². The third-order valence-electron chi connectivity index (χ3n) is 6.32. The number of alkyl carbamates (subject to hydrolysis) is 1. The van der Waals surface area contributed by atoms with Gasteiger partial charge >= 0.3 is 12.1 Å². The Balaban J connectivity index is 1.62. The van der Waals surface area contributed by atoms with Crippen LogP contribution in [0, 0.1) is 0 Å². The van der Waals surface area contributed by atoms with Crippen LogP contribution in [-0.2, 0) is 9.47 Å². The number of pyridine rings is 2. The smallest absolute Gasteiger partial charge is 0.407 e. The highest BCUT2D eigenvalue weighted by Crippen LogP contribution is 2.37. The van der Waals surface area contributed by atoms with E-state index in [1.54, 1.807) is 31.2 Å². The first-order valence-electron chi connectivity index (χ1n) is 12.9. The van der Waals surface area contributed by atoms with Gasteiger partial charge < -0.3 is 25.2 Å². The third kappa shape index (κ3) is 7.02. The number of phenols is 1. The Morgan fingerprint density at radius 3 is 2.33 bits per heavy atom. The van der Waals surface area contributed by atoms with E-state index in [1.165, 1.54) is 6.20 Å². The lowest BCUT2D eigenvalue weighted by Crippen LogP contribution is -2.42. The molecule has 1 amide bonds. The lowest BCUT2D eigenvalue weighted by Gasteiger charge is -2.31. The van der Waals surface area contributed by atoms with Gasteiger partial charge in [0, 0.05) is 23.8 Å². The molecule has 0 atom stereocenters. The molecule has 0 radical (unpaired) electrons. The molecular weight excluding hydrogens is 543 g/mol. The van der Waals surface area contributed by atoms with E-state index < -0.39 is 17.7 Å². The van der Waals surface area contributed by atoms with Gasteiger partial charge in [0.2, 0.25) is 0 Å². The number of amides is 1. The standard InChI is InChI=1S/C28H32Cl2N4O5/c1-5-38-26(36)18-14-31-22-11-10-21(15-12-19(29)25(35)20(30)13-15)34-24(22)23(18)32-16-6-8-17(9-7-16)33-27(37)39-28(2,3)4/h10-14,16-17,35H,5-9H2,1-4H3,(H,31,32)(H,33,37). The number of nitrogens with zero attached hydrogens (tertiary/aromatic N) is 2. The summed E-state index contributed by atoms with van der Waals surface area (Å²) in [6.45, 7) is 7.45. The first kappa shape index (κ1) is 28.7. The highest BCUT2D eigenvalue weighted by molar-refractivity contribution is 6.37. The van der Waals surface area contributed by atoms with Crippen LogP contribution < -0.4 is 10.6 Å². The zero-order chi connectivity index (χ0) is 28.3. The zero-order valence-electron chi connectivity index (χ0n) is 22.3. The Hall–Kier alpha value is -3.30. The number of fused-ring (bicyclic) bond motifs is 1. The molecule has 2 aromatic heterocycles. The van der Waals surface area contributed by atoms with Crippen LogP contribution in [0.1, 0.15) is 63.7 Å². The van der Waals surface area contributed by atoms with Crippen LogP contribution in [0.4, 0.5) is 10.5 Å². The molecule has 0 saturated heterocycles. The number of phenolic OH excluding ortho intramolecular Hbond substituents is 1. The molecule has 0 bridgehead atoms. The van der Waals surface area contributed by atoms with Crippen molar-refractivity contribution in [3.05, 3.63) is 46.1 Å². The molecule has 1 aromatic carbocycles. The normalized spacial score (nSPS) is 17.5. The molecule has 1 fully saturated rings. The Bertz CT molecular complexity index is 1360. The molecule has 0 aliphatic heterocycles. The predicted octanol–water partition coefficient (Wildman–Crippen LogP) is 6.73. The second kappa shape index (κ2) is 11.8. The average molecular weight is 575 g/mol. The van der Waals surface area contributed by atoms with Crippen LogP contribution in [0.3, 0.4) is 0 Å². The second-order valence-electron chi connectivity index (χ2n) is 10.5. The van der Waals surface area contributed by atoms with E-state index in [9.17, 15) is 14.7 Å². The summed E-state index contributed by atoms with van der Waals surface area (Å²) < 4.78 is 10.7. The van der Waals surface area contributed by atoms with E-state index in [0.29, 0.717) is 28.0 Å². The molecule has 3 aromatic rings. The van der Waals surface area contributed by atoms with Crippen molar-refractivity contribution >= 4 is 52.0 Å². The summed E-state index contributed by atoms with van der Waals surface area (Å²) in [6.07, 6.45) is 4.09. The largest absolute Gasteiger partial charge is 0.505 e. The molecule has 1 saturated carbocycles. The quantitative estimate of drug-likeness (QED) is 0.277. The van der Waals surface area contributed by atoms with Crippen LogP contribution in [0.15, 0.2) is 30.5 Å². The number of carbonyl (C=O) groups excluding carboxylic acids is 2. The fourth-order valence-electron chi connectivity index (χ4n) is 4.51. The number of aromatic hydroxyl groups is 1. The first-order valence-corrected chi connectivity index (χ1v) is 13.6. The van der Waals surface area contributed by atoms with Crippen molar-refractivity contribution in [2.24, 2.45) is 0 Å². The maximum Gasteiger partial charge on any atom is 0.407 e. The van der Waals surface area contributed by atoms with Gasteiger partial charge in [-0.2, -0.15) is 0 Å². The Kier molecular flexibility index (Phi) is 8.71. The van der Waals surface area contributed by atoms with Crippen LogP contribution in [0.5, 0.6) is 5.75 Å². The molecule has 11 heteroatoms. The van der Waals surface area contributed by atoms with Gasteiger partial charge in [0.1, 0.15) is 16.7 Å². The molecule has 3 N–H and O–H groups in total. The molecule has 1 aliphatic carbocycles. The Labute approximate surface area is 237 Å². The summed E-state index contributed by atoms with van der Waals surface area (Å²) in [6, 6.07) is 6.76. The molecule has 1 aliphatic rings. The Morgan fingerprint density at radius 1 is 1.08 bits per heavy atom.